The highest BCUT2D eigenvalue weighted by molar-refractivity contribution is 7.89. The van der Waals surface area contributed by atoms with Crippen molar-refractivity contribution in [2.45, 2.75) is 51.2 Å². The summed E-state index contributed by atoms with van der Waals surface area (Å²) in [7, 11) is -3.70. The van der Waals surface area contributed by atoms with Gasteiger partial charge < -0.3 is 10.2 Å². The number of rotatable bonds is 6. The number of aryl methyl sites for hydroxylation is 1. The Labute approximate surface area is 127 Å². The molecule has 0 aromatic heterocycles. The molecule has 6 heteroatoms. The third-order valence-electron chi connectivity index (χ3n) is 3.38. The van der Waals surface area contributed by atoms with Crippen LogP contribution in [-0.4, -0.2) is 37.4 Å². The van der Waals surface area contributed by atoms with Crippen LogP contribution in [0.25, 0.3) is 0 Å². The predicted octanol–water partition coefficient (Wildman–Crippen LogP) is 1.43. The largest absolute Gasteiger partial charge is 0.395 e. The molecule has 0 heterocycles. The van der Waals surface area contributed by atoms with Gasteiger partial charge in [0.1, 0.15) is 0 Å². The third-order valence-corrected chi connectivity index (χ3v) is 4.92. The molecule has 2 atom stereocenters. The Kier molecular flexibility index (Phi) is 5.92. The predicted molar refractivity (Wildman–Crippen MR) is 82.5 cm³/mol. The van der Waals surface area contributed by atoms with E-state index in [1.807, 2.05) is 27.7 Å². The SMILES string of the molecule is Cc1ccc(S(=O)(=O)NC(CO)CC(O)C(C)(C)C)cc1. The molecule has 2 unspecified atom stereocenters. The second-order valence-electron chi connectivity index (χ2n) is 6.43. The van der Waals surface area contributed by atoms with Crippen LogP contribution in [0.5, 0.6) is 0 Å². The Bertz CT molecular complexity index is 546. The van der Waals surface area contributed by atoms with E-state index in [-0.39, 0.29) is 23.3 Å². The summed E-state index contributed by atoms with van der Waals surface area (Å²) in [5.74, 6) is 0. The Morgan fingerprint density at radius 1 is 1.19 bits per heavy atom. The van der Waals surface area contributed by atoms with Gasteiger partial charge in [0.05, 0.1) is 17.6 Å². The molecule has 0 amide bonds. The van der Waals surface area contributed by atoms with Crippen molar-refractivity contribution < 1.29 is 18.6 Å². The molecule has 0 fully saturated rings. The molecule has 0 radical (unpaired) electrons. The molecule has 3 N–H and O–H groups in total. The van der Waals surface area contributed by atoms with Gasteiger partial charge in [-0.3, -0.25) is 0 Å². The summed E-state index contributed by atoms with van der Waals surface area (Å²) in [5, 5.41) is 19.4. The number of benzene rings is 1. The van der Waals surface area contributed by atoms with Gasteiger partial charge in [-0.1, -0.05) is 38.5 Å². The molecule has 0 bridgehead atoms. The second kappa shape index (κ2) is 6.87. The van der Waals surface area contributed by atoms with Gasteiger partial charge in [0.15, 0.2) is 0 Å². The fourth-order valence-electron chi connectivity index (χ4n) is 1.79. The molecule has 0 saturated heterocycles. The molecule has 1 aromatic carbocycles. The molecular weight excluding hydrogens is 290 g/mol. The number of nitrogens with one attached hydrogen (secondary N) is 1. The first-order valence-electron chi connectivity index (χ1n) is 6.94. The lowest BCUT2D eigenvalue weighted by atomic mass is 9.86. The van der Waals surface area contributed by atoms with Crippen LogP contribution in [0.1, 0.15) is 32.8 Å². The van der Waals surface area contributed by atoms with E-state index in [0.29, 0.717) is 0 Å². The van der Waals surface area contributed by atoms with Crippen molar-refractivity contribution >= 4 is 10.0 Å². The highest BCUT2D eigenvalue weighted by atomic mass is 32.2. The smallest absolute Gasteiger partial charge is 0.240 e. The first kappa shape index (κ1) is 18.1. The van der Waals surface area contributed by atoms with Crippen molar-refractivity contribution in [3.63, 3.8) is 0 Å². The van der Waals surface area contributed by atoms with Crippen LogP contribution >= 0.6 is 0 Å². The lowest BCUT2D eigenvalue weighted by Gasteiger charge is -2.29. The number of hydrogen-bond donors (Lipinski definition) is 3. The summed E-state index contributed by atoms with van der Waals surface area (Å²) >= 11 is 0. The first-order chi connectivity index (χ1) is 9.56. The molecule has 0 aliphatic carbocycles. The van der Waals surface area contributed by atoms with Crippen molar-refractivity contribution in [1.29, 1.82) is 0 Å². The van der Waals surface area contributed by atoms with E-state index in [1.165, 1.54) is 12.1 Å². The second-order valence-corrected chi connectivity index (χ2v) is 8.15. The van der Waals surface area contributed by atoms with Crippen LogP contribution in [0.2, 0.25) is 0 Å². The highest BCUT2D eigenvalue weighted by Crippen LogP contribution is 2.23. The molecule has 5 nitrogen and oxygen atoms in total. The zero-order valence-electron chi connectivity index (χ0n) is 13.0. The summed E-state index contributed by atoms with van der Waals surface area (Å²) in [6, 6.07) is 5.75. The molecule has 0 aliphatic heterocycles. The topological polar surface area (TPSA) is 86.6 Å². The Morgan fingerprint density at radius 2 is 1.71 bits per heavy atom. The molecule has 0 spiro atoms. The summed E-state index contributed by atoms with van der Waals surface area (Å²) in [6.45, 7) is 7.10. The molecule has 0 saturated carbocycles. The molecular formula is C15H25NO4S. The van der Waals surface area contributed by atoms with Crippen molar-refractivity contribution in [3.8, 4) is 0 Å². The van der Waals surface area contributed by atoms with Crippen LogP contribution in [0, 0.1) is 12.3 Å². The Balaban J connectivity index is 2.83. The van der Waals surface area contributed by atoms with Crippen LogP contribution in [0.4, 0.5) is 0 Å². The molecule has 120 valence electrons. The standard InChI is InChI=1S/C15H25NO4S/c1-11-5-7-13(8-6-11)21(19,20)16-12(10-17)9-14(18)15(2,3)4/h5-8,12,14,16-18H,9-10H2,1-4H3. The number of aliphatic hydroxyl groups excluding tert-OH is 2. The van der Waals surface area contributed by atoms with Crippen LogP contribution in [0.3, 0.4) is 0 Å². The summed E-state index contributed by atoms with van der Waals surface area (Å²) in [6.07, 6.45) is -0.555. The van der Waals surface area contributed by atoms with Gasteiger partial charge in [0.25, 0.3) is 0 Å². The van der Waals surface area contributed by atoms with Gasteiger partial charge in [-0.15, -0.1) is 0 Å². The quantitative estimate of drug-likeness (QED) is 0.741. The first-order valence-corrected chi connectivity index (χ1v) is 8.42. The van der Waals surface area contributed by atoms with Crippen molar-refractivity contribution in [1.82, 2.24) is 4.72 Å². The molecule has 1 rings (SSSR count). The van der Waals surface area contributed by atoms with Crippen molar-refractivity contribution in [2.24, 2.45) is 5.41 Å². The molecule has 21 heavy (non-hydrogen) atoms. The van der Waals surface area contributed by atoms with Gasteiger partial charge in [0.2, 0.25) is 10.0 Å². The summed E-state index contributed by atoms with van der Waals surface area (Å²) < 4.78 is 26.9. The maximum absolute atomic E-state index is 12.2. The minimum atomic E-state index is -3.70. The zero-order chi connectivity index (χ0) is 16.3. The average molecular weight is 315 g/mol. The van der Waals surface area contributed by atoms with Gasteiger partial charge in [-0.25, -0.2) is 13.1 Å². The van der Waals surface area contributed by atoms with Gasteiger partial charge in [0, 0.05) is 6.04 Å². The minimum Gasteiger partial charge on any atom is -0.395 e. The van der Waals surface area contributed by atoms with Crippen LogP contribution in [0.15, 0.2) is 29.2 Å². The minimum absolute atomic E-state index is 0.150. The Morgan fingerprint density at radius 3 is 2.14 bits per heavy atom. The monoisotopic (exact) mass is 315 g/mol. The van der Waals surface area contributed by atoms with E-state index in [0.717, 1.165) is 5.56 Å². The average Bonchev–Trinajstić information content (AvgIpc) is 2.36. The van der Waals surface area contributed by atoms with Gasteiger partial charge in [-0.2, -0.15) is 0 Å². The van der Waals surface area contributed by atoms with E-state index in [4.69, 9.17) is 0 Å². The fraction of sp³-hybridized carbons (Fsp3) is 0.600. The van der Waals surface area contributed by atoms with E-state index < -0.39 is 22.2 Å². The van der Waals surface area contributed by atoms with Crippen LogP contribution in [-0.2, 0) is 10.0 Å². The third kappa shape index (κ3) is 5.39. The van der Waals surface area contributed by atoms with E-state index in [9.17, 15) is 18.6 Å². The fourth-order valence-corrected chi connectivity index (χ4v) is 3.03. The zero-order valence-corrected chi connectivity index (χ0v) is 13.8. The maximum Gasteiger partial charge on any atom is 0.240 e. The van der Waals surface area contributed by atoms with E-state index in [2.05, 4.69) is 4.72 Å². The van der Waals surface area contributed by atoms with Crippen molar-refractivity contribution in [2.75, 3.05) is 6.61 Å². The maximum atomic E-state index is 12.2. The summed E-state index contributed by atoms with van der Waals surface area (Å²) in [5.41, 5.74) is 0.596. The van der Waals surface area contributed by atoms with Crippen LogP contribution < -0.4 is 4.72 Å². The van der Waals surface area contributed by atoms with E-state index in [1.54, 1.807) is 12.1 Å². The number of aliphatic hydroxyl groups is 2. The van der Waals surface area contributed by atoms with E-state index >= 15 is 0 Å². The van der Waals surface area contributed by atoms with Gasteiger partial charge in [-0.05, 0) is 30.9 Å². The molecule has 1 aromatic rings. The highest BCUT2D eigenvalue weighted by Gasteiger charge is 2.28. The number of sulfonamides is 1. The van der Waals surface area contributed by atoms with Gasteiger partial charge >= 0.3 is 0 Å². The molecule has 0 aliphatic rings. The normalized spacial score (nSPS) is 15.7. The number of hydrogen-bond acceptors (Lipinski definition) is 4. The lowest BCUT2D eigenvalue weighted by Crippen LogP contribution is -2.42. The Hall–Kier alpha value is -0.950. The lowest BCUT2D eigenvalue weighted by molar-refractivity contribution is 0.0420. The summed E-state index contributed by atoms with van der Waals surface area (Å²) in [4.78, 5) is 0.150. The van der Waals surface area contributed by atoms with Crippen molar-refractivity contribution in [3.05, 3.63) is 29.8 Å².